The third-order valence-corrected chi connectivity index (χ3v) is 7.15. The van der Waals surface area contributed by atoms with Gasteiger partial charge in [-0.3, -0.25) is 9.59 Å². The Balaban J connectivity index is 1.67. The first-order chi connectivity index (χ1) is 14.7. The highest BCUT2D eigenvalue weighted by atomic mass is 32.2. The van der Waals surface area contributed by atoms with Gasteiger partial charge in [-0.05, 0) is 61.7 Å². The molecule has 0 aromatic heterocycles. The molecule has 0 unspecified atom stereocenters. The number of carbonyl (C=O) groups excluding carboxylic acids is 2. The van der Waals surface area contributed by atoms with Crippen LogP contribution in [0.2, 0.25) is 0 Å². The molecule has 0 radical (unpaired) electrons. The maximum Gasteiger partial charge on any atom is 0.243 e. The number of nitrogens with one attached hydrogen (secondary N) is 2. The predicted octanol–water partition coefficient (Wildman–Crippen LogP) is 3.06. The molecular weight excluding hydrogens is 421 g/mol. The highest BCUT2D eigenvalue weighted by Crippen LogP contribution is 2.25. The number of amides is 2. The number of hydrogen-bond acceptors (Lipinski definition) is 4. The van der Waals surface area contributed by atoms with E-state index < -0.39 is 21.8 Å². The van der Waals surface area contributed by atoms with E-state index >= 15 is 0 Å². The summed E-state index contributed by atoms with van der Waals surface area (Å²) in [6.07, 6.45) is 1.14. The normalized spacial score (nSPS) is 18.2. The molecule has 0 spiro atoms. The van der Waals surface area contributed by atoms with Gasteiger partial charge in [0.15, 0.2) is 0 Å². The van der Waals surface area contributed by atoms with Gasteiger partial charge in [0.05, 0.1) is 16.9 Å². The van der Waals surface area contributed by atoms with Gasteiger partial charge in [-0.1, -0.05) is 12.1 Å². The lowest BCUT2D eigenvalue weighted by molar-refractivity contribution is -0.126. The minimum atomic E-state index is -3.80. The predicted molar refractivity (Wildman–Crippen MR) is 115 cm³/mol. The number of anilines is 1. The zero-order chi connectivity index (χ0) is 22.6. The van der Waals surface area contributed by atoms with E-state index in [0.717, 1.165) is 17.7 Å². The fourth-order valence-corrected chi connectivity index (χ4v) is 5.16. The van der Waals surface area contributed by atoms with Gasteiger partial charge in [-0.15, -0.1) is 0 Å². The summed E-state index contributed by atoms with van der Waals surface area (Å²) in [5.41, 5.74) is 1.46. The number of benzene rings is 2. The Kier molecular flexibility index (Phi) is 7.07. The Bertz CT molecular complexity index is 1060. The number of nitrogens with zero attached hydrogens (tertiary/aromatic N) is 1. The second-order valence-corrected chi connectivity index (χ2v) is 9.63. The molecule has 2 aromatic carbocycles. The summed E-state index contributed by atoms with van der Waals surface area (Å²) in [6, 6.07) is 11.6. The van der Waals surface area contributed by atoms with Crippen molar-refractivity contribution in [1.82, 2.24) is 9.62 Å². The molecular formula is C22H26FN3O4S. The average molecular weight is 448 g/mol. The summed E-state index contributed by atoms with van der Waals surface area (Å²) in [5, 5.41) is 5.65. The SMILES string of the molecule is CC(=O)Nc1cccc([C@@H](C)NC(=O)[C@H]2CCCN(S(=O)(=O)c3ccc(F)cc3)C2)c1. The number of halogens is 1. The Hall–Kier alpha value is -2.78. The van der Waals surface area contributed by atoms with Gasteiger partial charge in [0.2, 0.25) is 21.8 Å². The smallest absolute Gasteiger partial charge is 0.243 e. The third-order valence-electron chi connectivity index (χ3n) is 5.27. The summed E-state index contributed by atoms with van der Waals surface area (Å²) in [7, 11) is -3.80. The molecule has 9 heteroatoms. The monoisotopic (exact) mass is 447 g/mol. The lowest BCUT2D eigenvalue weighted by atomic mass is 9.98. The van der Waals surface area contributed by atoms with Crippen LogP contribution in [0.5, 0.6) is 0 Å². The Morgan fingerprint density at radius 1 is 1.16 bits per heavy atom. The van der Waals surface area contributed by atoms with Gasteiger partial charge in [0, 0.05) is 25.7 Å². The molecule has 166 valence electrons. The maximum absolute atomic E-state index is 13.2. The van der Waals surface area contributed by atoms with Gasteiger partial charge in [-0.25, -0.2) is 12.8 Å². The zero-order valence-corrected chi connectivity index (χ0v) is 18.3. The average Bonchev–Trinajstić information content (AvgIpc) is 2.74. The van der Waals surface area contributed by atoms with Gasteiger partial charge in [-0.2, -0.15) is 4.31 Å². The van der Waals surface area contributed by atoms with Crippen LogP contribution in [0.4, 0.5) is 10.1 Å². The zero-order valence-electron chi connectivity index (χ0n) is 17.5. The first-order valence-corrected chi connectivity index (χ1v) is 11.5. The van der Waals surface area contributed by atoms with E-state index in [1.807, 2.05) is 13.0 Å². The van der Waals surface area contributed by atoms with E-state index in [-0.39, 0.29) is 29.3 Å². The lowest BCUT2D eigenvalue weighted by Gasteiger charge is -2.32. The second kappa shape index (κ2) is 9.57. The molecule has 1 aliphatic heterocycles. The van der Waals surface area contributed by atoms with Crippen LogP contribution in [0.3, 0.4) is 0 Å². The number of rotatable bonds is 6. The van der Waals surface area contributed by atoms with Crippen LogP contribution in [-0.2, 0) is 19.6 Å². The van der Waals surface area contributed by atoms with Crippen molar-refractivity contribution in [1.29, 1.82) is 0 Å². The van der Waals surface area contributed by atoms with Crippen molar-refractivity contribution in [2.45, 2.75) is 37.6 Å². The van der Waals surface area contributed by atoms with Gasteiger partial charge in [0.1, 0.15) is 5.82 Å². The summed E-state index contributed by atoms with van der Waals surface area (Å²) in [6.45, 7) is 3.65. The molecule has 0 aliphatic carbocycles. The highest BCUT2D eigenvalue weighted by molar-refractivity contribution is 7.89. The van der Waals surface area contributed by atoms with Crippen molar-refractivity contribution >= 4 is 27.5 Å². The molecule has 2 atom stereocenters. The van der Waals surface area contributed by atoms with E-state index in [2.05, 4.69) is 10.6 Å². The summed E-state index contributed by atoms with van der Waals surface area (Å²) < 4.78 is 40.2. The highest BCUT2D eigenvalue weighted by Gasteiger charge is 2.33. The van der Waals surface area contributed by atoms with Crippen LogP contribution in [0, 0.1) is 11.7 Å². The molecule has 2 aromatic rings. The molecule has 2 N–H and O–H groups in total. The van der Waals surface area contributed by atoms with Crippen LogP contribution in [0.1, 0.15) is 38.3 Å². The number of hydrogen-bond donors (Lipinski definition) is 2. The van der Waals surface area contributed by atoms with Crippen molar-refractivity contribution in [3.63, 3.8) is 0 Å². The van der Waals surface area contributed by atoms with Crippen molar-refractivity contribution in [2.75, 3.05) is 18.4 Å². The van der Waals surface area contributed by atoms with E-state index in [0.29, 0.717) is 25.1 Å². The second-order valence-electron chi connectivity index (χ2n) is 7.69. The van der Waals surface area contributed by atoms with E-state index in [9.17, 15) is 22.4 Å². The third kappa shape index (κ3) is 5.68. The fraction of sp³-hybridized carbons (Fsp3) is 0.364. The summed E-state index contributed by atoms with van der Waals surface area (Å²) >= 11 is 0. The van der Waals surface area contributed by atoms with Crippen molar-refractivity contribution < 1.29 is 22.4 Å². The first-order valence-electron chi connectivity index (χ1n) is 10.1. The minimum Gasteiger partial charge on any atom is -0.349 e. The first kappa shape index (κ1) is 22.9. The van der Waals surface area contributed by atoms with Gasteiger partial charge >= 0.3 is 0 Å². The number of piperidine rings is 1. The van der Waals surface area contributed by atoms with Crippen LogP contribution in [0.25, 0.3) is 0 Å². The van der Waals surface area contributed by atoms with E-state index in [1.54, 1.807) is 18.2 Å². The number of carbonyl (C=O) groups is 2. The molecule has 1 aliphatic rings. The molecule has 1 heterocycles. The molecule has 1 saturated heterocycles. The molecule has 0 saturated carbocycles. The largest absolute Gasteiger partial charge is 0.349 e. The van der Waals surface area contributed by atoms with Crippen LogP contribution >= 0.6 is 0 Å². The molecule has 31 heavy (non-hydrogen) atoms. The van der Waals surface area contributed by atoms with Crippen LogP contribution in [0.15, 0.2) is 53.4 Å². The van der Waals surface area contributed by atoms with Gasteiger partial charge < -0.3 is 10.6 Å². The maximum atomic E-state index is 13.2. The standard InChI is InChI=1S/C22H26FN3O4S/c1-15(17-5-3-7-20(13-17)25-16(2)27)24-22(28)18-6-4-12-26(14-18)31(29,30)21-10-8-19(23)9-11-21/h3,5,7-11,13,15,18H,4,6,12,14H2,1-2H3,(H,24,28)(H,25,27)/t15-,18+/m1/s1. The molecule has 0 bridgehead atoms. The van der Waals surface area contributed by atoms with E-state index in [1.165, 1.54) is 23.4 Å². The quantitative estimate of drug-likeness (QED) is 0.712. The Morgan fingerprint density at radius 3 is 2.55 bits per heavy atom. The molecule has 1 fully saturated rings. The van der Waals surface area contributed by atoms with Crippen LogP contribution < -0.4 is 10.6 Å². The van der Waals surface area contributed by atoms with Gasteiger partial charge in [0.25, 0.3) is 0 Å². The van der Waals surface area contributed by atoms with Crippen molar-refractivity contribution in [3.05, 3.63) is 59.9 Å². The Labute approximate surface area is 181 Å². The van der Waals surface area contributed by atoms with Crippen molar-refractivity contribution in [3.8, 4) is 0 Å². The lowest BCUT2D eigenvalue weighted by Crippen LogP contribution is -2.45. The topological polar surface area (TPSA) is 95.6 Å². The fourth-order valence-electron chi connectivity index (χ4n) is 3.63. The number of sulfonamides is 1. The summed E-state index contributed by atoms with van der Waals surface area (Å²) in [5.74, 6) is -1.40. The molecule has 3 rings (SSSR count). The van der Waals surface area contributed by atoms with Crippen LogP contribution in [-0.4, -0.2) is 37.6 Å². The molecule has 2 amide bonds. The van der Waals surface area contributed by atoms with E-state index in [4.69, 9.17) is 0 Å². The Morgan fingerprint density at radius 2 is 1.87 bits per heavy atom. The minimum absolute atomic E-state index is 0.0121. The summed E-state index contributed by atoms with van der Waals surface area (Å²) in [4.78, 5) is 24.1. The van der Waals surface area contributed by atoms with Crippen molar-refractivity contribution in [2.24, 2.45) is 5.92 Å². The molecule has 7 nitrogen and oxygen atoms in total.